The summed E-state index contributed by atoms with van der Waals surface area (Å²) in [5.41, 5.74) is 4.22. The SMILES string of the molecule is Cc1cc(N2CCOCC2)c2cc(-c3ccc(N(C)C4CC(C)(C)NC(C)(C)C4)nn3)c(O)cc2n1. The number of benzene rings is 1. The molecule has 0 saturated carbocycles. The molecule has 36 heavy (non-hydrogen) atoms. The lowest BCUT2D eigenvalue weighted by Crippen LogP contribution is -2.62. The standard InChI is InChI=1S/C28H38N6O2/c1-18-13-24(34-9-11-36-12-10-34)20-14-21(25(35)15-23(20)29-18)22-7-8-26(31-30-22)33(6)19-16-27(2,3)32-28(4,5)17-19/h7-8,13-15,19,32,35H,9-12,16-17H2,1-6H3. The van der Waals surface area contributed by atoms with Gasteiger partial charge in [-0.15, -0.1) is 10.2 Å². The zero-order chi connectivity index (χ0) is 25.7. The maximum absolute atomic E-state index is 10.9. The molecule has 0 radical (unpaired) electrons. The van der Waals surface area contributed by atoms with E-state index in [1.165, 1.54) is 0 Å². The van der Waals surface area contributed by atoms with Gasteiger partial charge in [-0.1, -0.05) is 0 Å². The Labute approximate surface area is 213 Å². The number of phenolic OH excluding ortho intramolecular Hbond substituents is 1. The lowest BCUT2D eigenvalue weighted by Gasteiger charge is -2.49. The molecule has 3 aromatic rings. The first kappa shape index (κ1) is 24.7. The van der Waals surface area contributed by atoms with Crippen LogP contribution in [0, 0.1) is 6.92 Å². The Morgan fingerprint density at radius 3 is 2.36 bits per heavy atom. The molecule has 5 rings (SSSR count). The molecule has 2 N–H and O–H groups in total. The number of phenols is 1. The molecule has 0 spiro atoms. The second-order valence-corrected chi connectivity index (χ2v) is 11.6. The maximum atomic E-state index is 10.9. The van der Waals surface area contributed by atoms with Crippen molar-refractivity contribution in [3.05, 3.63) is 36.0 Å². The second kappa shape index (κ2) is 9.16. The van der Waals surface area contributed by atoms with Crippen molar-refractivity contribution in [2.45, 2.75) is 64.6 Å². The van der Waals surface area contributed by atoms with E-state index in [4.69, 9.17) is 4.74 Å². The lowest BCUT2D eigenvalue weighted by atomic mass is 9.79. The van der Waals surface area contributed by atoms with Crippen molar-refractivity contribution in [2.24, 2.45) is 0 Å². The monoisotopic (exact) mass is 490 g/mol. The van der Waals surface area contributed by atoms with Crippen molar-refractivity contribution < 1.29 is 9.84 Å². The molecule has 8 nitrogen and oxygen atoms in total. The fourth-order valence-electron chi connectivity index (χ4n) is 6.03. The minimum Gasteiger partial charge on any atom is -0.507 e. The number of aromatic hydroxyl groups is 1. The van der Waals surface area contributed by atoms with Gasteiger partial charge >= 0.3 is 0 Å². The molecule has 0 unspecified atom stereocenters. The number of ether oxygens (including phenoxy) is 1. The minimum absolute atomic E-state index is 0.0511. The van der Waals surface area contributed by atoms with Crippen molar-refractivity contribution in [1.82, 2.24) is 20.5 Å². The summed E-state index contributed by atoms with van der Waals surface area (Å²) in [7, 11) is 2.10. The van der Waals surface area contributed by atoms with Crippen LogP contribution < -0.4 is 15.1 Å². The van der Waals surface area contributed by atoms with Gasteiger partial charge in [-0.3, -0.25) is 4.98 Å². The molecule has 0 amide bonds. The summed E-state index contributed by atoms with van der Waals surface area (Å²) in [5, 5.41) is 24.8. The average molecular weight is 491 g/mol. The highest BCUT2D eigenvalue weighted by molar-refractivity contribution is 5.96. The lowest BCUT2D eigenvalue weighted by molar-refractivity contribution is 0.123. The number of hydrogen-bond acceptors (Lipinski definition) is 8. The van der Waals surface area contributed by atoms with E-state index < -0.39 is 0 Å². The van der Waals surface area contributed by atoms with Crippen LogP contribution in [-0.2, 0) is 4.74 Å². The Balaban J connectivity index is 1.46. The molecule has 4 heterocycles. The van der Waals surface area contributed by atoms with E-state index in [9.17, 15) is 5.11 Å². The van der Waals surface area contributed by atoms with Crippen molar-refractivity contribution in [3.8, 4) is 17.0 Å². The van der Waals surface area contributed by atoms with Gasteiger partial charge in [0.2, 0.25) is 0 Å². The predicted molar refractivity (Wildman–Crippen MR) is 145 cm³/mol. The van der Waals surface area contributed by atoms with E-state index in [0.717, 1.165) is 54.0 Å². The van der Waals surface area contributed by atoms with Crippen LogP contribution in [0.1, 0.15) is 46.2 Å². The van der Waals surface area contributed by atoms with Crippen molar-refractivity contribution in [2.75, 3.05) is 43.2 Å². The summed E-state index contributed by atoms with van der Waals surface area (Å²) in [4.78, 5) is 9.24. The smallest absolute Gasteiger partial charge is 0.151 e. The quantitative estimate of drug-likeness (QED) is 0.560. The molecule has 2 saturated heterocycles. The van der Waals surface area contributed by atoms with Gasteiger partial charge in [-0.2, -0.15) is 0 Å². The van der Waals surface area contributed by atoms with Gasteiger partial charge in [0, 0.05) is 65.7 Å². The van der Waals surface area contributed by atoms with Gasteiger partial charge < -0.3 is 25.0 Å². The number of pyridine rings is 1. The number of nitrogens with one attached hydrogen (secondary N) is 1. The topological polar surface area (TPSA) is 86.6 Å². The Kier molecular flexibility index (Phi) is 6.29. The third-order valence-electron chi connectivity index (χ3n) is 7.39. The molecule has 0 bridgehead atoms. The number of aromatic nitrogens is 3. The Morgan fingerprint density at radius 1 is 1.03 bits per heavy atom. The van der Waals surface area contributed by atoms with E-state index in [1.54, 1.807) is 6.07 Å². The van der Waals surface area contributed by atoms with Crippen LogP contribution in [-0.4, -0.2) is 70.8 Å². The summed E-state index contributed by atoms with van der Waals surface area (Å²) in [6, 6.07) is 10.2. The van der Waals surface area contributed by atoms with E-state index >= 15 is 0 Å². The molecule has 8 heteroatoms. The number of morpholine rings is 1. The van der Waals surface area contributed by atoms with E-state index in [2.05, 4.69) is 71.1 Å². The van der Waals surface area contributed by atoms with Crippen LogP contribution in [0.15, 0.2) is 30.3 Å². The zero-order valence-corrected chi connectivity index (χ0v) is 22.3. The first-order chi connectivity index (χ1) is 17.0. The highest BCUT2D eigenvalue weighted by atomic mass is 16.5. The molecule has 2 aliphatic heterocycles. The summed E-state index contributed by atoms with van der Waals surface area (Å²) >= 11 is 0. The highest BCUT2D eigenvalue weighted by Gasteiger charge is 2.39. The Bertz CT molecular complexity index is 1240. The molecule has 0 atom stereocenters. The van der Waals surface area contributed by atoms with Crippen LogP contribution >= 0.6 is 0 Å². The molecule has 1 aromatic carbocycles. The summed E-state index contributed by atoms with van der Waals surface area (Å²) in [5.74, 6) is 0.995. The molecule has 2 aliphatic rings. The molecular weight excluding hydrogens is 452 g/mol. The number of nitrogens with zero attached hydrogens (tertiary/aromatic N) is 5. The number of hydrogen-bond donors (Lipinski definition) is 2. The van der Waals surface area contributed by atoms with E-state index in [-0.39, 0.29) is 16.8 Å². The van der Waals surface area contributed by atoms with Gasteiger partial charge in [-0.05, 0) is 71.7 Å². The van der Waals surface area contributed by atoms with Crippen molar-refractivity contribution in [1.29, 1.82) is 0 Å². The summed E-state index contributed by atoms with van der Waals surface area (Å²) in [6.45, 7) is 14.1. The van der Waals surface area contributed by atoms with Gasteiger partial charge in [0.05, 0.1) is 24.4 Å². The molecule has 2 aromatic heterocycles. The number of piperidine rings is 1. The van der Waals surface area contributed by atoms with Crippen LogP contribution in [0.2, 0.25) is 0 Å². The molecule has 2 fully saturated rings. The third-order valence-corrected chi connectivity index (χ3v) is 7.39. The zero-order valence-electron chi connectivity index (χ0n) is 22.3. The minimum atomic E-state index is 0.0511. The largest absolute Gasteiger partial charge is 0.507 e. The number of fused-ring (bicyclic) bond motifs is 1. The van der Waals surface area contributed by atoms with Gasteiger partial charge in [0.1, 0.15) is 5.75 Å². The first-order valence-corrected chi connectivity index (χ1v) is 12.8. The number of rotatable bonds is 4. The number of aryl methyl sites for hydroxylation is 1. The second-order valence-electron chi connectivity index (χ2n) is 11.6. The fourth-order valence-corrected chi connectivity index (χ4v) is 6.03. The maximum Gasteiger partial charge on any atom is 0.151 e. The van der Waals surface area contributed by atoms with Crippen molar-refractivity contribution in [3.63, 3.8) is 0 Å². The normalized spacial score (nSPS) is 20.0. The van der Waals surface area contributed by atoms with Gasteiger partial charge in [0.25, 0.3) is 0 Å². The predicted octanol–water partition coefficient (Wildman–Crippen LogP) is 4.29. The summed E-state index contributed by atoms with van der Waals surface area (Å²) < 4.78 is 5.55. The Hall–Kier alpha value is -2.97. The van der Waals surface area contributed by atoms with Crippen LogP contribution in [0.25, 0.3) is 22.2 Å². The molecular formula is C28H38N6O2. The van der Waals surface area contributed by atoms with E-state index in [0.29, 0.717) is 30.5 Å². The van der Waals surface area contributed by atoms with Gasteiger partial charge in [0.15, 0.2) is 5.82 Å². The van der Waals surface area contributed by atoms with E-state index in [1.807, 2.05) is 25.1 Å². The van der Waals surface area contributed by atoms with Crippen molar-refractivity contribution >= 4 is 22.4 Å². The first-order valence-electron chi connectivity index (χ1n) is 12.8. The molecule has 0 aliphatic carbocycles. The third kappa shape index (κ3) is 4.97. The van der Waals surface area contributed by atoms with Crippen LogP contribution in [0.4, 0.5) is 11.5 Å². The average Bonchev–Trinajstić information content (AvgIpc) is 2.81. The number of anilines is 2. The van der Waals surface area contributed by atoms with Crippen LogP contribution in [0.5, 0.6) is 5.75 Å². The van der Waals surface area contributed by atoms with Crippen LogP contribution in [0.3, 0.4) is 0 Å². The fraction of sp³-hybridized carbons (Fsp3) is 0.536. The highest BCUT2D eigenvalue weighted by Crippen LogP contribution is 2.37. The molecule has 192 valence electrons. The van der Waals surface area contributed by atoms with Gasteiger partial charge in [-0.25, -0.2) is 0 Å². The Morgan fingerprint density at radius 2 is 1.72 bits per heavy atom. The summed E-state index contributed by atoms with van der Waals surface area (Å²) in [6.07, 6.45) is 2.05.